The van der Waals surface area contributed by atoms with Gasteiger partial charge >= 0.3 is 0 Å². The number of hydrogen-bond donors (Lipinski definition) is 0. The van der Waals surface area contributed by atoms with Crippen LogP contribution in [0, 0.1) is 18.3 Å². The van der Waals surface area contributed by atoms with Crippen LogP contribution in [0.15, 0.2) is 58.2 Å². The molecule has 0 saturated heterocycles. The van der Waals surface area contributed by atoms with Crippen LogP contribution in [-0.4, -0.2) is 24.1 Å². The molecular weight excluding hydrogens is 400 g/mol. The molecule has 9 heteroatoms. The van der Waals surface area contributed by atoms with Gasteiger partial charge in [0.15, 0.2) is 11.0 Å². The fraction of sp³-hybridized carbons (Fsp3) is 0.0556. The van der Waals surface area contributed by atoms with E-state index in [0.717, 1.165) is 16.8 Å². The van der Waals surface area contributed by atoms with Crippen molar-refractivity contribution in [2.75, 3.05) is 0 Å². The molecule has 0 bridgehead atoms. The van der Waals surface area contributed by atoms with E-state index >= 15 is 0 Å². The van der Waals surface area contributed by atoms with Crippen molar-refractivity contribution < 1.29 is 0 Å². The maximum Gasteiger partial charge on any atom is 0.201 e. The lowest BCUT2D eigenvalue weighted by atomic mass is 10.2. The minimum atomic E-state index is 0.208. The highest BCUT2D eigenvalue weighted by molar-refractivity contribution is 8.01. The fourth-order valence-corrected chi connectivity index (χ4v) is 4.64. The number of nitrogens with zero attached hydrogens (tertiary/aromatic N) is 6. The second-order valence-electron chi connectivity index (χ2n) is 5.52. The Morgan fingerprint density at radius 1 is 1.19 bits per heavy atom. The van der Waals surface area contributed by atoms with E-state index in [9.17, 15) is 5.26 Å². The Kier molecular flexibility index (Phi) is 4.90. The summed E-state index contributed by atoms with van der Waals surface area (Å²) in [5.41, 5.74) is 3.24. The highest BCUT2D eigenvalue weighted by atomic mass is 35.5. The standard InChI is InChI=1S/C18H11ClN6S2/c1-11-5-2-3-7-14(11)25-16(12-6-4-8-21-10-12)22-23-18(25)26-17-13(9-20)15(19)24-27-17/h2-8,10H,1H3. The molecule has 0 atom stereocenters. The molecule has 0 aliphatic heterocycles. The minimum Gasteiger partial charge on any atom is -0.269 e. The Morgan fingerprint density at radius 3 is 2.78 bits per heavy atom. The van der Waals surface area contributed by atoms with Gasteiger partial charge in [0.1, 0.15) is 15.8 Å². The molecule has 3 heterocycles. The number of benzene rings is 1. The molecule has 0 aliphatic rings. The molecule has 0 N–H and O–H groups in total. The molecule has 0 unspecified atom stereocenters. The zero-order valence-electron chi connectivity index (χ0n) is 14.0. The van der Waals surface area contributed by atoms with E-state index in [4.69, 9.17) is 11.6 Å². The van der Waals surface area contributed by atoms with Crippen molar-refractivity contribution in [3.63, 3.8) is 0 Å². The van der Waals surface area contributed by atoms with E-state index in [0.29, 0.717) is 20.8 Å². The molecule has 27 heavy (non-hydrogen) atoms. The third kappa shape index (κ3) is 3.32. The quantitative estimate of drug-likeness (QED) is 0.482. The number of pyridine rings is 1. The van der Waals surface area contributed by atoms with Gasteiger partial charge in [0.05, 0.1) is 5.69 Å². The molecule has 6 nitrogen and oxygen atoms in total. The zero-order valence-corrected chi connectivity index (χ0v) is 16.4. The van der Waals surface area contributed by atoms with E-state index in [1.165, 1.54) is 23.3 Å². The molecule has 132 valence electrons. The molecule has 0 amide bonds. The molecule has 4 rings (SSSR count). The Hall–Kier alpha value is -2.73. The molecule has 0 radical (unpaired) electrons. The van der Waals surface area contributed by atoms with Crippen molar-refractivity contribution in [1.82, 2.24) is 24.1 Å². The van der Waals surface area contributed by atoms with Gasteiger partial charge < -0.3 is 0 Å². The van der Waals surface area contributed by atoms with Crippen LogP contribution in [0.2, 0.25) is 5.15 Å². The van der Waals surface area contributed by atoms with Gasteiger partial charge in [-0.2, -0.15) is 9.64 Å². The third-order valence-corrected chi connectivity index (χ3v) is 6.15. The Balaban J connectivity index is 1.89. The summed E-state index contributed by atoms with van der Waals surface area (Å²) in [6.07, 6.45) is 3.46. The predicted octanol–water partition coefficient (Wildman–Crippen LogP) is 4.77. The van der Waals surface area contributed by atoms with Crippen LogP contribution < -0.4 is 0 Å². The maximum atomic E-state index is 9.35. The summed E-state index contributed by atoms with van der Waals surface area (Å²) in [5, 5.41) is 18.9. The molecular formula is C18H11ClN6S2. The van der Waals surface area contributed by atoms with Crippen LogP contribution in [0.5, 0.6) is 0 Å². The smallest absolute Gasteiger partial charge is 0.201 e. The van der Waals surface area contributed by atoms with Gasteiger partial charge in [-0.05, 0) is 54.0 Å². The first-order chi connectivity index (χ1) is 13.2. The van der Waals surface area contributed by atoms with Crippen LogP contribution in [-0.2, 0) is 0 Å². The summed E-state index contributed by atoms with van der Waals surface area (Å²) < 4.78 is 6.71. The van der Waals surface area contributed by atoms with Crippen LogP contribution in [0.25, 0.3) is 17.1 Å². The van der Waals surface area contributed by atoms with Crippen LogP contribution in [0.4, 0.5) is 0 Å². The highest BCUT2D eigenvalue weighted by Gasteiger charge is 2.21. The number of aryl methyl sites for hydroxylation is 1. The largest absolute Gasteiger partial charge is 0.269 e. The first kappa shape index (κ1) is 17.7. The van der Waals surface area contributed by atoms with Gasteiger partial charge in [0.2, 0.25) is 5.16 Å². The van der Waals surface area contributed by atoms with Gasteiger partial charge in [-0.3, -0.25) is 9.55 Å². The Labute approximate surface area is 168 Å². The number of para-hydroxylation sites is 1. The van der Waals surface area contributed by atoms with Gasteiger partial charge in [-0.1, -0.05) is 29.8 Å². The lowest BCUT2D eigenvalue weighted by molar-refractivity contribution is 0.881. The predicted molar refractivity (Wildman–Crippen MR) is 105 cm³/mol. The molecule has 0 saturated carbocycles. The van der Waals surface area contributed by atoms with Gasteiger partial charge in [0.25, 0.3) is 0 Å². The summed E-state index contributed by atoms with van der Waals surface area (Å²) in [5.74, 6) is 0.675. The number of halogens is 1. The van der Waals surface area contributed by atoms with Gasteiger partial charge in [-0.25, -0.2) is 0 Å². The highest BCUT2D eigenvalue weighted by Crippen LogP contribution is 2.38. The van der Waals surface area contributed by atoms with E-state index in [-0.39, 0.29) is 5.15 Å². The van der Waals surface area contributed by atoms with Crippen LogP contribution >= 0.6 is 34.9 Å². The van der Waals surface area contributed by atoms with E-state index in [1.54, 1.807) is 12.4 Å². The van der Waals surface area contributed by atoms with Crippen LogP contribution in [0.3, 0.4) is 0 Å². The summed E-state index contributed by atoms with van der Waals surface area (Å²) in [7, 11) is 0. The topological polar surface area (TPSA) is 80.3 Å². The second kappa shape index (κ2) is 7.48. The lowest BCUT2D eigenvalue weighted by Gasteiger charge is -2.12. The normalized spacial score (nSPS) is 10.7. The van der Waals surface area contributed by atoms with Gasteiger partial charge in [-0.15, -0.1) is 10.2 Å². The average molecular weight is 411 g/mol. The zero-order chi connectivity index (χ0) is 18.8. The molecule has 0 fully saturated rings. The Bertz CT molecular complexity index is 1150. The van der Waals surface area contributed by atoms with E-state index < -0.39 is 0 Å². The Morgan fingerprint density at radius 2 is 2.04 bits per heavy atom. The average Bonchev–Trinajstić information content (AvgIpc) is 3.26. The number of nitriles is 1. The SMILES string of the molecule is Cc1ccccc1-n1c(Sc2snc(Cl)c2C#N)nnc1-c1cccnc1. The van der Waals surface area contributed by atoms with Crippen LogP contribution in [0.1, 0.15) is 11.1 Å². The van der Waals surface area contributed by atoms with E-state index in [1.807, 2.05) is 47.9 Å². The first-order valence-electron chi connectivity index (χ1n) is 7.84. The number of hydrogen-bond acceptors (Lipinski definition) is 7. The third-order valence-electron chi connectivity index (χ3n) is 3.82. The number of aromatic nitrogens is 5. The first-order valence-corrected chi connectivity index (χ1v) is 9.80. The monoisotopic (exact) mass is 410 g/mol. The van der Waals surface area contributed by atoms with Crippen molar-refractivity contribution in [3.8, 4) is 23.1 Å². The fourth-order valence-electron chi connectivity index (χ4n) is 2.55. The minimum absolute atomic E-state index is 0.208. The van der Waals surface area contributed by atoms with Crippen molar-refractivity contribution in [1.29, 1.82) is 5.26 Å². The molecule has 0 spiro atoms. The van der Waals surface area contributed by atoms with Gasteiger partial charge in [0, 0.05) is 18.0 Å². The lowest BCUT2D eigenvalue weighted by Crippen LogP contribution is -2.01. The summed E-state index contributed by atoms with van der Waals surface area (Å²) >= 11 is 8.50. The summed E-state index contributed by atoms with van der Waals surface area (Å²) in [6, 6.07) is 13.9. The molecule has 4 aromatic rings. The van der Waals surface area contributed by atoms with Crippen molar-refractivity contribution >= 4 is 34.9 Å². The maximum absolute atomic E-state index is 9.35. The van der Waals surface area contributed by atoms with E-state index in [2.05, 4.69) is 25.6 Å². The molecule has 0 aliphatic carbocycles. The second-order valence-corrected chi connectivity index (χ2v) is 7.89. The van der Waals surface area contributed by atoms with Crippen molar-refractivity contribution in [2.24, 2.45) is 0 Å². The number of rotatable bonds is 4. The molecule has 3 aromatic heterocycles. The van der Waals surface area contributed by atoms with Crippen molar-refractivity contribution in [2.45, 2.75) is 16.3 Å². The van der Waals surface area contributed by atoms with Crippen molar-refractivity contribution in [3.05, 3.63) is 65.1 Å². The molecule has 1 aromatic carbocycles. The summed E-state index contributed by atoms with van der Waals surface area (Å²) in [6.45, 7) is 2.03. The summed E-state index contributed by atoms with van der Waals surface area (Å²) in [4.78, 5) is 4.19.